The first-order valence-electron chi connectivity index (χ1n) is 10.3. The lowest BCUT2D eigenvalue weighted by Crippen LogP contribution is -2.23. The van der Waals surface area contributed by atoms with Gasteiger partial charge in [0.1, 0.15) is 6.61 Å². The molecule has 1 aromatic heterocycles. The molecule has 0 N–H and O–H groups in total. The molecule has 1 aliphatic rings. The second-order valence-corrected chi connectivity index (χ2v) is 11.3. The highest BCUT2D eigenvalue weighted by atomic mass is 32.1. The maximum Gasteiger partial charge on any atom is 0.218 e. The largest absolute Gasteiger partial charge is 0.475 e. The zero-order valence-electron chi connectivity index (χ0n) is 17.2. The monoisotopic (exact) mass is 429 g/mol. The Morgan fingerprint density at radius 2 is 1.47 bits per heavy atom. The number of nitrogens with zero attached hydrogens (tertiary/aromatic N) is 1. The number of ether oxygens (including phenoxy) is 1. The second kappa shape index (κ2) is 8.34. The summed E-state index contributed by atoms with van der Waals surface area (Å²) in [6.07, 6.45) is 0. The van der Waals surface area contributed by atoms with Gasteiger partial charge < -0.3 is 4.74 Å². The van der Waals surface area contributed by atoms with Crippen LogP contribution in [0.4, 0.5) is 0 Å². The molecule has 0 saturated heterocycles. The Morgan fingerprint density at radius 3 is 2.07 bits per heavy atom. The van der Waals surface area contributed by atoms with Gasteiger partial charge in [-0.05, 0) is 30.5 Å². The van der Waals surface area contributed by atoms with Crippen molar-refractivity contribution in [2.24, 2.45) is 10.9 Å². The Morgan fingerprint density at radius 1 is 0.867 bits per heavy atom. The molecule has 0 radical (unpaired) electrons. The standard InChI is InChI=1S/C26H24NOPS/c1-18(2)22-17-28-25(27-22)24-21-15-9-10-16-23(21)30-26(24)29(19-11-5-3-6-12-19)20-13-7-4-8-14-20/h3-16,18,22H,17H2,1-2H3/t22-/m1/s1. The van der Waals surface area contributed by atoms with Crippen LogP contribution in [0.1, 0.15) is 19.4 Å². The molecule has 0 aliphatic carbocycles. The molecule has 0 spiro atoms. The number of aliphatic imine (C=N–C) groups is 1. The van der Waals surface area contributed by atoms with E-state index in [4.69, 9.17) is 9.73 Å². The first-order valence-corrected chi connectivity index (χ1v) is 12.5. The highest BCUT2D eigenvalue weighted by Crippen LogP contribution is 2.41. The summed E-state index contributed by atoms with van der Waals surface area (Å²) < 4.78 is 8.87. The van der Waals surface area contributed by atoms with Crippen LogP contribution < -0.4 is 15.2 Å². The number of hydrogen-bond acceptors (Lipinski definition) is 3. The SMILES string of the molecule is CC(C)[C@H]1COC(c2c(P(c3ccccc3)c3ccccc3)sc3ccccc23)=N1. The highest BCUT2D eigenvalue weighted by molar-refractivity contribution is 7.84. The number of hydrogen-bond donors (Lipinski definition) is 0. The van der Waals surface area contributed by atoms with Gasteiger partial charge in [0.15, 0.2) is 0 Å². The van der Waals surface area contributed by atoms with Crippen molar-refractivity contribution in [3.05, 3.63) is 90.5 Å². The lowest BCUT2D eigenvalue weighted by molar-refractivity contribution is 0.292. The maximum absolute atomic E-state index is 6.21. The zero-order valence-corrected chi connectivity index (χ0v) is 18.9. The van der Waals surface area contributed by atoms with E-state index in [-0.39, 0.29) is 6.04 Å². The van der Waals surface area contributed by atoms with Crippen LogP contribution in [0.15, 0.2) is 89.9 Å². The van der Waals surface area contributed by atoms with Crippen LogP contribution in [0.5, 0.6) is 0 Å². The molecular formula is C26H24NOPS. The van der Waals surface area contributed by atoms with E-state index in [2.05, 4.69) is 98.8 Å². The minimum absolute atomic E-state index is 0.228. The Hall–Kier alpha value is -2.48. The predicted molar refractivity (Wildman–Crippen MR) is 132 cm³/mol. The lowest BCUT2D eigenvalue weighted by Gasteiger charge is -2.19. The minimum atomic E-state index is -0.702. The van der Waals surface area contributed by atoms with Gasteiger partial charge in [-0.3, -0.25) is 0 Å². The van der Waals surface area contributed by atoms with Gasteiger partial charge in [0.2, 0.25) is 5.90 Å². The van der Waals surface area contributed by atoms with E-state index in [1.807, 2.05) is 11.3 Å². The van der Waals surface area contributed by atoms with Crippen LogP contribution in [-0.2, 0) is 4.74 Å². The van der Waals surface area contributed by atoms with Crippen LogP contribution in [0, 0.1) is 5.92 Å². The molecule has 0 amide bonds. The predicted octanol–water partition coefficient (Wildman–Crippen LogP) is 5.46. The third kappa shape index (κ3) is 3.57. The molecule has 3 aromatic carbocycles. The molecule has 0 unspecified atom stereocenters. The summed E-state index contributed by atoms with van der Waals surface area (Å²) in [4.78, 5) is 5.02. The molecule has 0 fully saturated rings. The maximum atomic E-state index is 6.21. The van der Waals surface area contributed by atoms with Crippen LogP contribution >= 0.6 is 19.3 Å². The van der Waals surface area contributed by atoms with Gasteiger partial charge in [0.25, 0.3) is 0 Å². The van der Waals surface area contributed by atoms with Crippen LogP contribution in [0.2, 0.25) is 0 Å². The summed E-state index contributed by atoms with van der Waals surface area (Å²) in [6.45, 7) is 5.10. The second-order valence-electron chi connectivity index (χ2n) is 7.84. The summed E-state index contributed by atoms with van der Waals surface area (Å²) in [5, 5.41) is 3.95. The van der Waals surface area contributed by atoms with Crippen LogP contribution in [0.25, 0.3) is 10.1 Å². The smallest absolute Gasteiger partial charge is 0.218 e. The van der Waals surface area contributed by atoms with Gasteiger partial charge in [-0.15, -0.1) is 11.3 Å². The molecule has 4 heteroatoms. The van der Waals surface area contributed by atoms with E-state index in [0.29, 0.717) is 12.5 Å². The zero-order chi connectivity index (χ0) is 20.5. The molecule has 1 atom stereocenters. The Bertz CT molecular complexity index is 1140. The van der Waals surface area contributed by atoms with E-state index in [0.717, 1.165) is 5.90 Å². The molecule has 1 aliphatic heterocycles. The number of fused-ring (bicyclic) bond motifs is 1. The first-order chi connectivity index (χ1) is 14.7. The average Bonchev–Trinajstić information content (AvgIpc) is 3.40. The van der Waals surface area contributed by atoms with Gasteiger partial charge in [-0.25, -0.2) is 4.99 Å². The van der Waals surface area contributed by atoms with E-state index >= 15 is 0 Å². The third-order valence-corrected chi connectivity index (χ3v) is 9.52. The van der Waals surface area contributed by atoms with Crippen molar-refractivity contribution in [2.45, 2.75) is 19.9 Å². The van der Waals surface area contributed by atoms with Crippen molar-refractivity contribution in [3.8, 4) is 0 Å². The van der Waals surface area contributed by atoms with Gasteiger partial charge in [0, 0.05) is 10.1 Å². The van der Waals surface area contributed by atoms with Crippen molar-refractivity contribution < 1.29 is 4.74 Å². The van der Waals surface area contributed by atoms with Crippen molar-refractivity contribution in [1.29, 1.82) is 0 Å². The van der Waals surface area contributed by atoms with Crippen molar-refractivity contribution >= 4 is 50.5 Å². The Balaban J connectivity index is 1.76. The normalized spacial score (nSPS) is 16.3. The molecule has 2 heterocycles. The molecule has 4 aromatic rings. The first kappa shape index (κ1) is 19.5. The van der Waals surface area contributed by atoms with Crippen LogP contribution in [-0.4, -0.2) is 18.5 Å². The van der Waals surface area contributed by atoms with Gasteiger partial charge in [0.05, 0.1) is 16.2 Å². The molecule has 30 heavy (non-hydrogen) atoms. The van der Waals surface area contributed by atoms with E-state index < -0.39 is 7.92 Å². The van der Waals surface area contributed by atoms with Gasteiger partial charge >= 0.3 is 0 Å². The van der Waals surface area contributed by atoms with E-state index in [1.165, 1.54) is 30.9 Å². The summed E-state index contributed by atoms with van der Waals surface area (Å²) in [5.74, 6) is 1.29. The molecule has 5 rings (SSSR count). The van der Waals surface area contributed by atoms with Crippen LogP contribution in [0.3, 0.4) is 0 Å². The third-order valence-electron chi connectivity index (χ3n) is 5.47. The van der Waals surface area contributed by atoms with E-state index in [9.17, 15) is 0 Å². The fraction of sp³-hybridized carbons (Fsp3) is 0.192. The molecular weight excluding hydrogens is 405 g/mol. The Labute approximate surface area is 183 Å². The molecule has 0 saturated carbocycles. The summed E-state index contributed by atoms with van der Waals surface area (Å²) in [6, 6.07) is 30.6. The summed E-state index contributed by atoms with van der Waals surface area (Å²) >= 11 is 1.89. The summed E-state index contributed by atoms with van der Waals surface area (Å²) in [5.41, 5.74) is 1.19. The average molecular weight is 430 g/mol. The van der Waals surface area contributed by atoms with Crippen molar-refractivity contribution in [1.82, 2.24) is 0 Å². The van der Waals surface area contributed by atoms with Gasteiger partial charge in [-0.2, -0.15) is 0 Å². The number of benzene rings is 3. The van der Waals surface area contributed by atoms with Crippen molar-refractivity contribution in [3.63, 3.8) is 0 Å². The Kier molecular flexibility index (Phi) is 5.41. The number of thiophene rings is 1. The van der Waals surface area contributed by atoms with Gasteiger partial charge in [-0.1, -0.05) is 92.7 Å². The minimum Gasteiger partial charge on any atom is -0.475 e. The molecule has 0 bridgehead atoms. The summed E-state index contributed by atoms with van der Waals surface area (Å²) in [7, 11) is -0.702. The topological polar surface area (TPSA) is 21.6 Å². The fourth-order valence-corrected chi connectivity index (χ4v) is 8.18. The van der Waals surface area contributed by atoms with E-state index in [1.54, 1.807) is 0 Å². The fourth-order valence-electron chi connectivity index (χ4n) is 3.80. The molecule has 150 valence electrons. The lowest BCUT2D eigenvalue weighted by atomic mass is 10.1. The quantitative estimate of drug-likeness (QED) is 0.386. The van der Waals surface area contributed by atoms with Crippen molar-refractivity contribution in [2.75, 3.05) is 6.61 Å². The number of rotatable bonds is 5. The highest BCUT2D eigenvalue weighted by Gasteiger charge is 2.31. The molecule has 2 nitrogen and oxygen atoms in total.